The van der Waals surface area contributed by atoms with Crippen molar-refractivity contribution in [1.29, 1.82) is 0 Å². The molecule has 0 aromatic heterocycles. The van der Waals surface area contributed by atoms with Gasteiger partial charge < -0.3 is 19.9 Å². The number of hydrogen-bond donors (Lipinski definition) is 2. The van der Waals surface area contributed by atoms with Crippen molar-refractivity contribution in [2.75, 3.05) is 37.3 Å². The van der Waals surface area contributed by atoms with Gasteiger partial charge in [0.2, 0.25) is 15.9 Å². The predicted molar refractivity (Wildman–Crippen MR) is 124 cm³/mol. The summed E-state index contributed by atoms with van der Waals surface area (Å²) in [5, 5.41) is 3.09. The van der Waals surface area contributed by atoms with Crippen molar-refractivity contribution in [3.63, 3.8) is 0 Å². The molecule has 2 N–H and O–H groups in total. The van der Waals surface area contributed by atoms with Gasteiger partial charge >= 0.3 is 6.09 Å². The standard InChI is InChI=1S/C23H28N4O5S/c1-33(30,31)24-14-19-15-26(22(29)32-17-18-8-4-2-5-9-18)13-12-23(19)25-21(28)16-27(23)20-10-6-3-7-11-20/h2-11,19,24H,12-17H2,1H3,(H,25,28). The summed E-state index contributed by atoms with van der Waals surface area (Å²) in [6, 6.07) is 18.9. The number of nitrogens with zero attached hydrogens (tertiary/aromatic N) is 2. The number of anilines is 1. The third kappa shape index (κ3) is 5.28. The molecule has 0 bridgehead atoms. The van der Waals surface area contributed by atoms with Crippen molar-refractivity contribution in [2.45, 2.75) is 18.7 Å². The molecule has 2 fully saturated rings. The zero-order valence-electron chi connectivity index (χ0n) is 18.4. The molecule has 0 radical (unpaired) electrons. The number of hydrogen-bond acceptors (Lipinski definition) is 6. The van der Waals surface area contributed by atoms with Crippen LogP contribution in [0.15, 0.2) is 60.7 Å². The van der Waals surface area contributed by atoms with Crippen LogP contribution in [0.2, 0.25) is 0 Å². The Kier molecular flexibility index (Phi) is 6.57. The molecule has 2 aromatic rings. The fourth-order valence-corrected chi connectivity index (χ4v) is 5.07. The van der Waals surface area contributed by atoms with Crippen LogP contribution in [0.3, 0.4) is 0 Å². The number of carbonyl (C=O) groups excluding carboxylic acids is 2. The Balaban J connectivity index is 1.55. The minimum absolute atomic E-state index is 0.0743. The maximum absolute atomic E-state index is 12.8. The first-order valence-electron chi connectivity index (χ1n) is 10.8. The zero-order chi connectivity index (χ0) is 23.5. The fourth-order valence-electron chi connectivity index (χ4n) is 4.56. The largest absolute Gasteiger partial charge is 0.445 e. The summed E-state index contributed by atoms with van der Waals surface area (Å²) in [6.45, 7) is 0.996. The van der Waals surface area contributed by atoms with Crippen LogP contribution in [-0.2, 0) is 26.2 Å². The van der Waals surface area contributed by atoms with Gasteiger partial charge in [-0.25, -0.2) is 17.9 Å². The molecule has 2 amide bonds. The molecule has 9 nitrogen and oxygen atoms in total. The second-order valence-corrected chi connectivity index (χ2v) is 10.3. The third-order valence-corrected chi connectivity index (χ3v) is 6.83. The average Bonchev–Trinajstić information content (AvgIpc) is 3.14. The smallest absolute Gasteiger partial charge is 0.410 e. The van der Waals surface area contributed by atoms with Crippen molar-refractivity contribution < 1.29 is 22.7 Å². The van der Waals surface area contributed by atoms with Gasteiger partial charge in [0, 0.05) is 37.7 Å². The first kappa shape index (κ1) is 23.1. The molecule has 176 valence electrons. The van der Waals surface area contributed by atoms with Crippen LogP contribution in [0.1, 0.15) is 12.0 Å². The van der Waals surface area contributed by atoms with Crippen LogP contribution in [0, 0.1) is 5.92 Å². The van der Waals surface area contributed by atoms with E-state index >= 15 is 0 Å². The Morgan fingerprint density at radius 3 is 2.48 bits per heavy atom. The molecule has 10 heteroatoms. The SMILES string of the molecule is CS(=O)(=O)NCC1CN(C(=O)OCc2ccccc2)CCC12NC(=O)CN2c1ccccc1. The maximum atomic E-state index is 12.8. The van der Waals surface area contributed by atoms with Gasteiger partial charge in [-0.1, -0.05) is 48.5 Å². The van der Waals surface area contributed by atoms with Crippen molar-refractivity contribution in [2.24, 2.45) is 5.92 Å². The van der Waals surface area contributed by atoms with Crippen LogP contribution in [0.4, 0.5) is 10.5 Å². The van der Waals surface area contributed by atoms with E-state index in [4.69, 9.17) is 4.74 Å². The fraction of sp³-hybridized carbons (Fsp3) is 0.391. The molecule has 2 aliphatic heterocycles. The molecular formula is C23H28N4O5S. The monoisotopic (exact) mass is 472 g/mol. The first-order valence-corrected chi connectivity index (χ1v) is 12.7. The summed E-state index contributed by atoms with van der Waals surface area (Å²) in [5.74, 6) is -0.528. The highest BCUT2D eigenvalue weighted by molar-refractivity contribution is 7.88. The number of amides is 2. The number of rotatable bonds is 6. The second kappa shape index (κ2) is 9.40. The van der Waals surface area contributed by atoms with Gasteiger partial charge in [-0.3, -0.25) is 4.79 Å². The Labute approximate surface area is 193 Å². The van der Waals surface area contributed by atoms with Gasteiger partial charge in [0.25, 0.3) is 0 Å². The zero-order valence-corrected chi connectivity index (χ0v) is 19.3. The molecule has 2 unspecified atom stereocenters. The summed E-state index contributed by atoms with van der Waals surface area (Å²) in [5.41, 5.74) is 0.931. The summed E-state index contributed by atoms with van der Waals surface area (Å²) in [7, 11) is -3.47. The number of piperidine rings is 1. The Bertz CT molecular complexity index is 1100. The number of nitrogens with one attached hydrogen (secondary N) is 2. The van der Waals surface area contributed by atoms with Crippen LogP contribution < -0.4 is 14.9 Å². The van der Waals surface area contributed by atoms with Gasteiger partial charge in [0.15, 0.2) is 0 Å². The molecule has 33 heavy (non-hydrogen) atoms. The van der Waals surface area contributed by atoms with Gasteiger partial charge in [0.05, 0.1) is 12.8 Å². The quantitative estimate of drug-likeness (QED) is 0.660. The highest BCUT2D eigenvalue weighted by atomic mass is 32.2. The lowest BCUT2D eigenvalue weighted by Gasteiger charge is -2.50. The molecule has 2 aliphatic rings. The van der Waals surface area contributed by atoms with Gasteiger partial charge in [0.1, 0.15) is 12.3 Å². The number of sulfonamides is 1. The number of benzene rings is 2. The summed E-state index contributed by atoms with van der Waals surface area (Å²) in [4.78, 5) is 28.9. The summed E-state index contributed by atoms with van der Waals surface area (Å²) >= 11 is 0. The van der Waals surface area contributed by atoms with Crippen molar-refractivity contribution in [3.8, 4) is 0 Å². The van der Waals surface area contributed by atoms with E-state index in [1.54, 1.807) is 4.90 Å². The normalized spacial score (nSPS) is 22.9. The van der Waals surface area contributed by atoms with Crippen LogP contribution in [0.25, 0.3) is 0 Å². The highest BCUT2D eigenvalue weighted by Gasteiger charge is 2.53. The lowest BCUT2D eigenvalue weighted by molar-refractivity contribution is -0.119. The van der Waals surface area contributed by atoms with Crippen molar-refractivity contribution in [1.82, 2.24) is 14.9 Å². The third-order valence-electron chi connectivity index (χ3n) is 6.14. The second-order valence-electron chi connectivity index (χ2n) is 8.45. The van der Waals surface area contributed by atoms with E-state index < -0.39 is 27.7 Å². The van der Waals surface area contributed by atoms with E-state index in [2.05, 4.69) is 10.0 Å². The molecule has 1 spiro atoms. The molecule has 2 heterocycles. The van der Waals surface area contributed by atoms with Crippen LogP contribution >= 0.6 is 0 Å². The Morgan fingerprint density at radius 1 is 1.15 bits per heavy atom. The van der Waals surface area contributed by atoms with Gasteiger partial charge in [-0.05, 0) is 17.7 Å². The topological polar surface area (TPSA) is 108 Å². The minimum atomic E-state index is -3.47. The van der Waals surface area contributed by atoms with Gasteiger partial charge in [-0.15, -0.1) is 0 Å². The van der Waals surface area contributed by atoms with E-state index in [1.807, 2.05) is 65.6 Å². The number of ether oxygens (including phenoxy) is 1. The lowest BCUT2D eigenvalue weighted by atomic mass is 9.84. The summed E-state index contributed by atoms with van der Waals surface area (Å²) in [6.07, 6.45) is 1.06. The molecule has 2 atom stereocenters. The van der Waals surface area contributed by atoms with Crippen LogP contribution in [0.5, 0.6) is 0 Å². The van der Waals surface area contributed by atoms with Crippen LogP contribution in [-0.4, -0.2) is 63.4 Å². The number of likely N-dealkylation sites (tertiary alicyclic amines) is 1. The molecule has 2 aromatic carbocycles. The minimum Gasteiger partial charge on any atom is -0.445 e. The molecule has 0 saturated carbocycles. The van der Waals surface area contributed by atoms with E-state index in [1.165, 1.54) is 0 Å². The van der Waals surface area contributed by atoms with Crippen molar-refractivity contribution >= 4 is 27.7 Å². The first-order chi connectivity index (χ1) is 15.8. The molecule has 4 rings (SSSR count). The summed E-state index contributed by atoms with van der Waals surface area (Å²) < 4.78 is 31.8. The van der Waals surface area contributed by atoms with E-state index in [0.717, 1.165) is 17.5 Å². The number of para-hydroxylation sites is 1. The molecular weight excluding hydrogens is 444 g/mol. The molecule has 0 aliphatic carbocycles. The highest BCUT2D eigenvalue weighted by Crippen LogP contribution is 2.38. The van der Waals surface area contributed by atoms with E-state index in [-0.39, 0.29) is 32.1 Å². The lowest BCUT2D eigenvalue weighted by Crippen LogP contribution is -2.67. The van der Waals surface area contributed by atoms with Gasteiger partial charge in [-0.2, -0.15) is 0 Å². The average molecular weight is 473 g/mol. The van der Waals surface area contributed by atoms with E-state index in [0.29, 0.717) is 13.0 Å². The Morgan fingerprint density at radius 2 is 1.82 bits per heavy atom. The van der Waals surface area contributed by atoms with E-state index in [9.17, 15) is 18.0 Å². The molecule has 2 saturated heterocycles. The Hall–Kier alpha value is -3.11. The maximum Gasteiger partial charge on any atom is 0.410 e. The number of carbonyl (C=O) groups is 2. The predicted octanol–water partition coefficient (Wildman–Crippen LogP) is 1.53. The van der Waals surface area contributed by atoms with Crippen molar-refractivity contribution in [3.05, 3.63) is 66.2 Å².